The van der Waals surface area contributed by atoms with Crippen LogP contribution in [0.25, 0.3) is 0 Å². The van der Waals surface area contributed by atoms with Gasteiger partial charge in [0.2, 0.25) is 5.91 Å². The van der Waals surface area contributed by atoms with E-state index in [1.807, 2.05) is 19.3 Å². The second-order valence-corrected chi connectivity index (χ2v) is 5.21. The van der Waals surface area contributed by atoms with Gasteiger partial charge in [-0.25, -0.2) is 4.99 Å². The van der Waals surface area contributed by atoms with E-state index in [0.29, 0.717) is 18.5 Å². The van der Waals surface area contributed by atoms with Crippen molar-refractivity contribution in [1.29, 1.82) is 0 Å². The van der Waals surface area contributed by atoms with Crippen LogP contribution in [0.2, 0.25) is 0 Å². The molecule has 0 saturated heterocycles. The number of guanidine groups is 1. The molecule has 7 nitrogen and oxygen atoms in total. The average molecular weight is 406 g/mol. The van der Waals surface area contributed by atoms with Crippen molar-refractivity contribution < 1.29 is 4.79 Å². The Balaban J connectivity index is 0.00000220. The summed E-state index contributed by atoms with van der Waals surface area (Å²) in [6.07, 6.45) is 4.21. The SMILES string of the molecule is CN(C)C(=O)CNC(=NCc1ccn(C)n1)NC1CC1.I. The lowest BCUT2D eigenvalue weighted by atomic mass is 10.4. The fourth-order valence-electron chi connectivity index (χ4n) is 1.60. The van der Waals surface area contributed by atoms with Gasteiger partial charge in [-0.15, -0.1) is 24.0 Å². The van der Waals surface area contributed by atoms with E-state index in [1.165, 1.54) is 0 Å². The third-order valence-corrected chi connectivity index (χ3v) is 2.99. The maximum Gasteiger partial charge on any atom is 0.241 e. The second kappa shape index (κ2) is 8.20. The molecule has 1 aliphatic carbocycles. The zero-order valence-electron chi connectivity index (χ0n) is 12.7. The fourth-order valence-corrected chi connectivity index (χ4v) is 1.60. The Labute approximate surface area is 142 Å². The number of aliphatic imine (C=N–C) groups is 1. The van der Waals surface area contributed by atoms with Crippen LogP contribution in [0.5, 0.6) is 0 Å². The van der Waals surface area contributed by atoms with Gasteiger partial charge in [0.1, 0.15) is 0 Å². The summed E-state index contributed by atoms with van der Waals surface area (Å²) in [4.78, 5) is 17.6. The van der Waals surface area contributed by atoms with Crippen LogP contribution in [0.1, 0.15) is 18.5 Å². The molecule has 1 aromatic heterocycles. The van der Waals surface area contributed by atoms with Crippen molar-refractivity contribution in [2.45, 2.75) is 25.4 Å². The number of hydrogen-bond acceptors (Lipinski definition) is 3. The smallest absolute Gasteiger partial charge is 0.241 e. The van der Waals surface area contributed by atoms with Crippen LogP contribution in [0.15, 0.2) is 17.3 Å². The quantitative estimate of drug-likeness (QED) is 0.420. The first-order chi connectivity index (χ1) is 9.54. The molecule has 0 aliphatic heterocycles. The molecule has 0 atom stereocenters. The number of amides is 1. The van der Waals surface area contributed by atoms with E-state index in [0.717, 1.165) is 18.5 Å². The first-order valence-electron chi connectivity index (χ1n) is 6.78. The number of hydrogen-bond donors (Lipinski definition) is 2. The lowest BCUT2D eigenvalue weighted by Gasteiger charge is -2.14. The zero-order valence-corrected chi connectivity index (χ0v) is 15.0. The molecule has 21 heavy (non-hydrogen) atoms. The van der Waals surface area contributed by atoms with Crippen LogP contribution < -0.4 is 10.6 Å². The Morgan fingerprint density at radius 2 is 2.24 bits per heavy atom. The van der Waals surface area contributed by atoms with Crippen molar-refractivity contribution in [3.63, 3.8) is 0 Å². The van der Waals surface area contributed by atoms with E-state index in [4.69, 9.17) is 0 Å². The van der Waals surface area contributed by atoms with Gasteiger partial charge in [0.15, 0.2) is 5.96 Å². The normalized spacial score (nSPS) is 14.3. The number of nitrogens with zero attached hydrogens (tertiary/aromatic N) is 4. The highest BCUT2D eigenvalue weighted by atomic mass is 127. The van der Waals surface area contributed by atoms with E-state index in [1.54, 1.807) is 23.7 Å². The van der Waals surface area contributed by atoms with Crippen molar-refractivity contribution in [3.05, 3.63) is 18.0 Å². The number of rotatable bonds is 5. The molecule has 1 aromatic rings. The van der Waals surface area contributed by atoms with Crippen molar-refractivity contribution in [1.82, 2.24) is 25.3 Å². The van der Waals surface area contributed by atoms with Crippen LogP contribution in [-0.2, 0) is 18.4 Å². The Morgan fingerprint density at radius 1 is 1.52 bits per heavy atom. The van der Waals surface area contributed by atoms with Gasteiger partial charge in [0.25, 0.3) is 0 Å². The summed E-state index contributed by atoms with van der Waals surface area (Å²) in [5, 5.41) is 10.6. The molecular weight excluding hydrogens is 383 g/mol. The maximum absolute atomic E-state index is 11.6. The summed E-state index contributed by atoms with van der Waals surface area (Å²) in [6.45, 7) is 0.743. The molecule has 0 aromatic carbocycles. The third kappa shape index (κ3) is 6.32. The predicted octanol–water partition coefficient (Wildman–Crippen LogP) is 0.324. The highest BCUT2D eigenvalue weighted by Gasteiger charge is 2.22. The standard InChI is InChI=1S/C13H22N6O.HI/c1-18(2)12(20)9-15-13(16-10-4-5-10)14-8-11-6-7-19(3)17-11;/h6-7,10H,4-5,8-9H2,1-3H3,(H2,14,15,16);1H. The summed E-state index contributed by atoms with van der Waals surface area (Å²) < 4.78 is 1.75. The van der Waals surface area contributed by atoms with Crippen molar-refractivity contribution >= 4 is 35.8 Å². The Hall–Kier alpha value is -1.32. The van der Waals surface area contributed by atoms with E-state index >= 15 is 0 Å². The molecule has 0 radical (unpaired) electrons. The monoisotopic (exact) mass is 406 g/mol. The van der Waals surface area contributed by atoms with Crippen molar-refractivity contribution in [3.8, 4) is 0 Å². The number of aromatic nitrogens is 2. The molecule has 0 unspecified atom stereocenters. The highest BCUT2D eigenvalue weighted by molar-refractivity contribution is 14.0. The van der Waals surface area contributed by atoms with Gasteiger partial charge < -0.3 is 15.5 Å². The molecule has 1 fully saturated rings. The van der Waals surface area contributed by atoms with Gasteiger partial charge >= 0.3 is 0 Å². The van der Waals surface area contributed by atoms with Crippen LogP contribution in [0, 0.1) is 0 Å². The average Bonchev–Trinajstić information content (AvgIpc) is 3.13. The first-order valence-corrected chi connectivity index (χ1v) is 6.78. The van der Waals surface area contributed by atoms with Gasteiger partial charge in [-0.2, -0.15) is 5.10 Å². The van der Waals surface area contributed by atoms with Crippen LogP contribution in [-0.4, -0.2) is 53.2 Å². The number of nitrogens with one attached hydrogen (secondary N) is 2. The first kappa shape index (κ1) is 17.7. The predicted molar refractivity (Wildman–Crippen MR) is 92.6 cm³/mol. The van der Waals surface area contributed by atoms with Gasteiger partial charge in [0.05, 0.1) is 18.8 Å². The lowest BCUT2D eigenvalue weighted by Crippen LogP contribution is -2.43. The summed E-state index contributed by atoms with van der Waals surface area (Å²) in [5.41, 5.74) is 0.906. The summed E-state index contributed by atoms with van der Waals surface area (Å²) in [5.74, 6) is 0.696. The molecule has 8 heteroatoms. The largest absolute Gasteiger partial charge is 0.354 e. The molecule has 1 amide bonds. The molecule has 118 valence electrons. The Morgan fingerprint density at radius 3 is 2.76 bits per heavy atom. The maximum atomic E-state index is 11.6. The van der Waals surface area contributed by atoms with E-state index in [2.05, 4.69) is 20.7 Å². The van der Waals surface area contributed by atoms with Gasteiger partial charge in [-0.1, -0.05) is 0 Å². The number of carbonyl (C=O) groups excluding carboxylic acids is 1. The van der Waals surface area contributed by atoms with E-state index < -0.39 is 0 Å². The van der Waals surface area contributed by atoms with Crippen LogP contribution in [0.3, 0.4) is 0 Å². The lowest BCUT2D eigenvalue weighted by molar-refractivity contribution is -0.127. The number of carbonyl (C=O) groups is 1. The van der Waals surface area contributed by atoms with E-state index in [-0.39, 0.29) is 36.4 Å². The van der Waals surface area contributed by atoms with Gasteiger partial charge in [-0.3, -0.25) is 9.48 Å². The molecule has 1 aliphatic rings. The minimum atomic E-state index is 0. The number of likely N-dealkylation sites (N-methyl/N-ethyl adjacent to an activating group) is 1. The summed E-state index contributed by atoms with van der Waals surface area (Å²) >= 11 is 0. The molecule has 1 saturated carbocycles. The molecule has 2 rings (SSSR count). The van der Waals surface area contributed by atoms with E-state index in [9.17, 15) is 4.79 Å². The molecule has 2 N–H and O–H groups in total. The molecule has 0 bridgehead atoms. The number of halogens is 1. The van der Waals surface area contributed by atoms with Gasteiger partial charge in [-0.05, 0) is 18.9 Å². The zero-order chi connectivity index (χ0) is 14.5. The topological polar surface area (TPSA) is 74.5 Å². The Bertz CT molecular complexity index is 495. The van der Waals surface area contributed by atoms with Crippen molar-refractivity contribution in [2.75, 3.05) is 20.6 Å². The molecular formula is C13H23IN6O. The van der Waals surface area contributed by atoms with Crippen LogP contribution >= 0.6 is 24.0 Å². The third-order valence-electron chi connectivity index (χ3n) is 2.99. The minimum Gasteiger partial charge on any atom is -0.354 e. The molecule has 1 heterocycles. The summed E-state index contributed by atoms with van der Waals surface area (Å²) in [7, 11) is 5.36. The minimum absolute atomic E-state index is 0. The van der Waals surface area contributed by atoms with Crippen molar-refractivity contribution in [2.24, 2.45) is 12.0 Å². The Kier molecular flexibility index (Phi) is 6.93. The van der Waals surface area contributed by atoms with Crippen LogP contribution in [0.4, 0.5) is 0 Å². The second-order valence-electron chi connectivity index (χ2n) is 5.21. The van der Waals surface area contributed by atoms with Gasteiger partial charge in [0, 0.05) is 33.4 Å². The summed E-state index contributed by atoms with van der Waals surface area (Å²) in [6, 6.07) is 2.42. The number of aryl methyl sites for hydroxylation is 1. The fraction of sp³-hybridized carbons (Fsp3) is 0.615. The highest BCUT2D eigenvalue weighted by Crippen LogP contribution is 2.18. The molecule has 0 spiro atoms.